The molecule has 1 amide bonds. The second kappa shape index (κ2) is 8.53. The molecule has 0 radical (unpaired) electrons. The summed E-state index contributed by atoms with van der Waals surface area (Å²) in [6, 6.07) is 0. The fourth-order valence-electron chi connectivity index (χ4n) is 2.00. The first-order chi connectivity index (χ1) is 7.83. The van der Waals surface area contributed by atoms with Crippen LogP contribution in [0.25, 0.3) is 0 Å². The fourth-order valence-corrected chi connectivity index (χ4v) is 2.00. The van der Waals surface area contributed by atoms with E-state index in [1.807, 2.05) is 0 Å². The van der Waals surface area contributed by atoms with Crippen LogP contribution in [-0.4, -0.2) is 31.7 Å². The molecule has 1 saturated carbocycles. The summed E-state index contributed by atoms with van der Waals surface area (Å²) in [7, 11) is 0. The zero-order chi connectivity index (χ0) is 11.6. The lowest BCUT2D eigenvalue weighted by Gasteiger charge is -2.21. The second-order valence-corrected chi connectivity index (χ2v) is 4.37. The smallest absolute Gasteiger partial charge is 0.220 e. The molecule has 0 saturated heterocycles. The van der Waals surface area contributed by atoms with Gasteiger partial charge in [0, 0.05) is 13.0 Å². The molecule has 0 bridgehead atoms. The van der Waals surface area contributed by atoms with Gasteiger partial charge in [-0.2, -0.15) is 0 Å². The van der Waals surface area contributed by atoms with Crippen LogP contribution in [0.1, 0.15) is 44.9 Å². The monoisotopic (exact) mass is 228 g/mol. The van der Waals surface area contributed by atoms with Crippen LogP contribution in [0.2, 0.25) is 0 Å². The number of nitrogens with one attached hydrogen (secondary N) is 1. The van der Waals surface area contributed by atoms with Crippen molar-refractivity contribution in [2.24, 2.45) is 5.73 Å². The molecule has 4 nitrogen and oxygen atoms in total. The molecule has 94 valence electrons. The van der Waals surface area contributed by atoms with E-state index in [0.717, 1.165) is 6.42 Å². The maximum atomic E-state index is 11.2. The van der Waals surface area contributed by atoms with Crippen molar-refractivity contribution in [3.63, 3.8) is 0 Å². The number of carbonyl (C=O) groups is 1. The van der Waals surface area contributed by atoms with Gasteiger partial charge >= 0.3 is 0 Å². The van der Waals surface area contributed by atoms with Crippen molar-refractivity contribution in [3.8, 4) is 0 Å². The predicted octanol–water partition coefficient (Wildman–Crippen LogP) is 1.19. The minimum Gasteiger partial charge on any atom is -0.376 e. The SMILES string of the molecule is NCCCC(=O)NCCOC1CCCCC1. The van der Waals surface area contributed by atoms with Crippen LogP contribution < -0.4 is 11.1 Å². The molecule has 0 aliphatic heterocycles. The number of carbonyl (C=O) groups excluding carboxylic acids is 1. The molecule has 0 aromatic rings. The molecular weight excluding hydrogens is 204 g/mol. The van der Waals surface area contributed by atoms with Crippen LogP contribution in [0, 0.1) is 0 Å². The van der Waals surface area contributed by atoms with E-state index in [-0.39, 0.29) is 5.91 Å². The van der Waals surface area contributed by atoms with Gasteiger partial charge in [-0.15, -0.1) is 0 Å². The third-order valence-corrected chi connectivity index (χ3v) is 2.94. The van der Waals surface area contributed by atoms with Gasteiger partial charge in [0.15, 0.2) is 0 Å². The van der Waals surface area contributed by atoms with Gasteiger partial charge < -0.3 is 15.8 Å². The number of nitrogens with two attached hydrogens (primary N) is 1. The molecule has 1 fully saturated rings. The van der Waals surface area contributed by atoms with Crippen LogP contribution >= 0.6 is 0 Å². The third kappa shape index (κ3) is 6.08. The first kappa shape index (κ1) is 13.5. The summed E-state index contributed by atoms with van der Waals surface area (Å²) in [5.74, 6) is 0.0812. The Balaban J connectivity index is 1.92. The Hall–Kier alpha value is -0.610. The molecule has 0 unspecified atom stereocenters. The number of ether oxygens (including phenoxy) is 1. The van der Waals surface area contributed by atoms with Crippen LogP contribution in [-0.2, 0) is 9.53 Å². The molecule has 1 aliphatic carbocycles. The molecule has 0 aromatic heterocycles. The van der Waals surface area contributed by atoms with E-state index < -0.39 is 0 Å². The topological polar surface area (TPSA) is 64.4 Å². The van der Waals surface area contributed by atoms with Crippen molar-refractivity contribution < 1.29 is 9.53 Å². The second-order valence-electron chi connectivity index (χ2n) is 4.37. The quantitative estimate of drug-likeness (QED) is 0.643. The number of rotatable bonds is 7. The lowest BCUT2D eigenvalue weighted by Crippen LogP contribution is -2.29. The highest BCUT2D eigenvalue weighted by atomic mass is 16.5. The predicted molar refractivity (Wildman–Crippen MR) is 64.1 cm³/mol. The van der Waals surface area contributed by atoms with Crippen molar-refractivity contribution in [2.75, 3.05) is 19.7 Å². The Morgan fingerprint density at radius 3 is 2.75 bits per heavy atom. The van der Waals surface area contributed by atoms with Gasteiger partial charge in [-0.1, -0.05) is 19.3 Å². The van der Waals surface area contributed by atoms with Crippen LogP contribution in [0.3, 0.4) is 0 Å². The summed E-state index contributed by atoms with van der Waals surface area (Å²) in [6.07, 6.45) is 7.99. The van der Waals surface area contributed by atoms with E-state index in [1.165, 1.54) is 32.1 Å². The van der Waals surface area contributed by atoms with E-state index in [0.29, 0.717) is 32.2 Å². The normalized spacial score (nSPS) is 17.3. The summed E-state index contributed by atoms with van der Waals surface area (Å²) in [5.41, 5.74) is 5.32. The van der Waals surface area contributed by atoms with Gasteiger partial charge in [-0.25, -0.2) is 0 Å². The van der Waals surface area contributed by atoms with Gasteiger partial charge in [0.1, 0.15) is 0 Å². The average Bonchev–Trinajstić information content (AvgIpc) is 2.33. The van der Waals surface area contributed by atoms with Gasteiger partial charge in [0.25, 0.3) is 0 Å². The van der Waals surface area contributed by atoms with E-state index in [1.54, 1.807) is 0 Å². The molecule has 0 aromatic carbocycles. The van der Waals surface area contributed by atoms with Gasteiger partial charge in [-0.3, -0.25) is 4.79 Å². The summed E-state index contributed by atoms with van der Waals surface area (Å²) in [5, 5.41) is 2.84. The highest BCUT2D eigenvalue weighted by Crippen LogP contribution is 2.19. The largest absolute Gasteiger partial charge is 0.376 e. The lowest BCUT2D eigenvalue weighted by atomic mass is 9.98. The minimum atomic E-state index is 0.0812. The average molecular weight is 228 g/mol. The standard InChI is InChI=1S/C12H24N2O2/c13-8-4-7-12(15)14-9-10-16-11-5-2-1-3-6-11/h11H,1-10,13H2,(H,14,15). The summed E-state index contributed by atoms with van der Waals surface area (Å²) in [6.45, 7) is 1.84. The Labute approximate surface area is 97.9 Å². The number of hydrogen-bond acceptors (Lipinski definition) is 3. The van der Waals surface area contributed by atoms with Gasteiger partial charge in [0.05, 0.1) is 12.7 Å². The van der Waals surface area contributed by atoms with Crippen molar-refractivity contribution in [1.29, 1.82) is 0 Å². The number of hydrogen-bond donors (Lipinski definition) is 2. The van der Waals surface area contributed by atoms with Crippen molar-refractivity contribution in [3.05, 3.63) is 0 Å². The molecule has 1 aliphatic rings. The van der Waals surface area contributed by atoms with E-state index in [2.05, 4.69) is 5.32 Å². The maximum Gasteiger partial charge on any atom is 0.220 e. The maximum absolute atomic E-state index is 11.2. The Bertz CT molecular complexity index is 191. The van der Waals surface area contributed by atoms with Crippen molar-refractivity contribution in [2.45, 2.75) is 51.0 Å². The first-order valence-corrected chi connectivity index (χ1v) is 6.41. The highest BCUT2D eigenvalue weighted by Gasteiger charge is 2.13. The van der Waals surface area contributed by atoms with Crippen molar-refractivity contribution in [1.82, 2.24) is 5.32 Å². The Morgan fingerprint density at radius 2 is 2.06 bits per heavy atom. The van der Waals surface area contributed by atoms with Gasteiger partial charge in [0.2, 0.25) is 5.91 Å². The van der Waals surface area contributed by atoms with E-state index >= 15 is 0 Å². The van der Waals surface area contributed by atoms with Crippen LogP contribution in [0.5, 0.6) is 0 Å². The van der Waals surface area contributed by atoms with Crippen molar-refractivity contribution >= 4 is 5.91 Å². The van der Waals surface area contributed by atoms with Crippen LogP contribution in [0.15, 0.2) is 0 Å². The molecule has 4 heteroatoms. The fraction of sp³-hybridized carbons (Fsp3) is 0.917. The summed E-state index contributed by atoms with van der Waals surface area (Å²) in [4.78, 5) is 11.2. The molecule has 3 N–H and O–H groups in total. The van der Waals surface area contributed by atoms with Gasteiger partial charge in [-0.05, 0) is 25.8 Å². The zero-order valence-electron chi connectivity index (χ0n) is 10.0. The summed E-state index contributed by atoms with van der Waals surface area (Å²) < 4.78 is 5.70. The molecular formula is C12H24N2O2. The highest BCUT2D eigenvalue weighted by molar-refractivity contribution is 5.75. The summed E-state index contributed by atoms with van der Waals surface area (Å²) >= 11 is 0. The van der Waals surface area contributed by atoms with E-state index in [4.69, 9.17) is 10.5 Å². The molecule has 0 atom stereocenters. The molecule has 0 spiro atoms. The third-order valence-electron chi connectivity index (χ3n) is 2.94. The molecule has 16 heavy (non-hydrogen) atoms. The zero-order valence-corrected chi connectivity index (χ0v) is 10.0. The Kier molecular flexibility index (Phi) is 7.17. The minimum absolute atomic E-state index is 0.0812. The molecule has 1 rings (SSSR count). The Morgan fingerprint density at radius 1 is 1.31 bits per heavy atom. The van der Waals surface area contributed by atoms with Crippen LogP contribution in [0.4, 0.5) is 0 Å². The molecule has 0 heterocycles. The lowest BCUT2D eigenvalue weighted by molar-refractivity contribution is -0.121. The first-order valence-electron chi connectivity index (χ1n) is 6.41. The number of amides is 1. The van der Waals surface area contributed by atoms with E-state index in [9.17, 15) is 4.79 Å².